The molecular formula is C41H63N7O9S3. The lowest BCUT2D eigenvalue weighted by molar-refractivity contribution is -0.155. The standard InChI is InChI=1S/C41H63N7O9S3/c1-7-12-35(50)57-26-48(40(54)36(27(3)8-2)44-39(53)33-13-9-10-19-47(33)5)20-11-14-34-43-32(25-59-34)38(52)42-30(24-29-15-17-31(49)18-16-29)23-28(4)37(51)45-46-41(55)56-21-22-60-58-6/h15-18,25,27-28,30,33,36,49H,7-14,19-24,26H2,1-6H3,(H,42,52)(H,44,53)(H,45,51)(H,46,55)/t27?,28-,30+,33+,36-/m0/s1. The number of hydrazine groups is 1. The fourth-order valence-electron chi connectivity index (χ4n) is 6.58. The highest BCUT2D eigenvalue weighted by atomic mass is 33.1. The highest BCUT2D eigenvalue weighted by Gasteiger charge is 2.34. The number of hydrogen-bond donors (Lipinski definition) is 5. The molecule has 1 saturated heterocycles. The summed E-state index contributed by atoms with van der Waals surface area (Å²) in [6, 6.07) is 4.94. The number of hydrogen-bond acceptors (Lipinski definition) is 14. The number of aromatic nitrogens is 1. The minimum atomic E-state index is -0.798. The molecule has 1 unspecified atom stereocenters. The molecule has 1 aromatic carbocycles. The smallest absolute Gasteiger partial charge is 0.426 e. The summed E-state index contributed by atoms with van der Waals surface area (Å²) >= 11 is 1.30. The normalized spacial score (nSPS) is 16.1. The van der Waals surface area contributed by atoms with E-state index in [2.05, 4.69) is 26.5 Å². The second-order valence-electron chi connectivity index (χ2n) is 15.0. The number of piperidine rings is 1. The van der Waals surface area contributed by atoms with Crippen LogP contribution in [0.25, 0.3) is 0 Å². The van der Waals surface area contributed by atoms with Crippen molar-refractivity contribution in [2.45, 2.75) is 110 Å². The highest BCUT2D eigenvalue weighted by molar-refractivity contribution is 8.76. The van der Waals surface area contributed by atoms with Crippen molar-refractivity contribution < 1.29 is 43.3 Å². The summed E-state index contributed by atoms with van der Waals surface area (Å²) in [6.07, 6.45) is 6.76. The Labute approximate surface area is 365 Å². The first-order valence-corrected chi connectivity index (χ1v) is 24.2. The van der Waals surface area contributed by atoms with E-state index in [9.17, 15) is 33.9 Å². The number of thiazole rings is 1. The third-order valence-corrected chi connectivity index (χ3v) is 12.9. The van der Waals surface area contributed by atoms with Crippen LogP contribution in [0, 0.1) is 11.8 Å². The summed E-state index contributed by atoms with van der Waals surface area (Å²) in [5, 5.41) is 18.1. The molecular weight excluding hydrogens is 831 g/mol. The molecule has 0 spiro atoms. The molecule has 0 radical (unpaired) electrons. The summed E-state index contributed by atoms with van der Waals surface area (Å²) in [6.45, 7) is 8.42. The molecule has 1 fully saturated rings. The van der Waals surface area contributed by atoms with Crippen LogP contribution in [0.1, 0.15) is 100 Å². The number of esters is 1. The lowest BCUT2D eigenvalue weighted by atomic mass is 9.95. The second kappa shape index (κ2) is 27.0. The van der Waals surface area contributed by atoms with Gasteiger partial charge < -0.3 is 30.1 Å². The van der Waals surface area contributed by atoms with Gasteiger partial charge in [0.05, 0.1) is 11.0 Å². The van der Waals surface area contributed by atoms with Crippen molar-refractivity contribution >= 4 is 68.6 Å². The van der Waals surface area contributed by atoms with Crippen LogP contribution < -0.4 is 21.5 Å². The Morgan fingerprint density at radius 2 is 1.80 bits per heavy atom. The van der Waals surface area contributed by atoms with Gasteiger partial charge in [0.25, 0.3) is 5.91 Å². The second-order valence-corrected chi connectivity index (χ2v) is 18.6. The molecule has 19 heteroatoms. The van der Waals surface area contributed by atoms with Crippen molar-refractivity contribution in [1.82, 2.24) is 36.3 Å². The van der Waals surface area contributed by atoms with E-state index in [1.54, 1.807) is 58.2 Å². The zero-order valence-corrected chi connectivity index (χ0v) is 38.1. The Bertz CT molecular complexity index is 1680. The van der Waals surface area contributed by atoms with Crippen LogP contribution in [-0.4, -0.2) is 119 Å². The van der Waals surface area contributed by atoms with Crippen molar-refractivity contribution in [2.75, 3.05) is 45.5 Å². The maximum atomic E-state index is 14.1. The quantitative estimate of drug-likeness (QED) is 0.0308. The van der Waals surface area contributed by atoms with E-state index in [0.29, 0.717) is 42.9 Å². The largest absolute Gasteiger partial charge is 0.508 e. The molecule has 16 nitrogen and oxygen atoms in total. The van der Waals surface area contributed by atoms with Crippen molar-refractivity contribution in [3.8, 4) is 5.75 Å². The van der Waals surface area contributed by atoms with Crippen LogP contribution >= 0.6 is 32.9 Å². The molecule has 5 atom stereocenters. The van der Waals surface area contributed by atoms with Crippen molar-refractivity contribution in [2.24, 2.45) is 11.8 Å². The number of nitrogens with zero attached hydrogens (tertiary/aromatic N) is 3. The number of phenols is 1. The van der Waals surface area contributed by atoms with E-state index < -0.39 is 41.9 Å². The van der Waals surface area contributed by atoms with E-state index >= 15 is 0 Å². The molecule has 5 N–H and O–H groups in total. The first kappa shape index (κ1) is 50.3. The van der Waals surface area contributed by atoms with Crippen LogP contribution in [0.15, 0.2) is 29.6 Å². The Morgan fingerprint density at radius 1 is 1.05 bits per heavy atom. The predicted octanol–water partition coefficient (Wildman–Crippen LogP) is 5.06. The molecule has 60 heavy (non-hydrogen) atoms. The van der Waals surface area contributed by atoms with Gasteiger partial charge >= 0.3 is 12.1 Å². The van der Waals surface area contributed by atoms with Crippen molar-refractivity contribution in [3.05, 3.63) is 45.9 Å². The van der Waals surface area contributed by atoms with Crippen LogP contribution in [0.2, 0.25) is 0 Å². The highest BCUT2D eigenvalue weighted by Crippen LogP contribution is 2.20. The fraction of sp³-hybridized carbons (Fsp3) is 0.634. The van der Waals surface area contributed by atoms with Crippen LogP contribution in [0.3, 0.4) is 0 Å². The van der Waals surface area contributed by atoms with Gasteiger partial charge in [-0.15, -0.1) is 11.3 Å². The summed E-state index contributed by atoms with van der Waals surface area (Å²) in [7, 11) is 5.02. The maximum Gasteiger partial charge on any atom is 0.426 e. The third-order valence-electron chi connectivity index (χ3n) is 10.2. The average Bonchev–Trinajstić information content (AvgIpc) is 3.71. The Kier molecular flexibility index (Phi) is 22.6. The lowest BCUT2D eigenvalue weighted by Crippen LogP contribution is -2.57. The fourth-order valence-corrected chi connectivity index (χ4v) is 8.42. The summed E-state index contributed by atoms with van der Waals surface area (Å²) in [4.78, 5) is 86.5. The number of carbonyl (C=O) groups is 6. The van der Waals surface area contributed by atoms with Gasteiger partial charge in [0.15, 0.2) is 6.73 Å². The number of rotatable bonds is 24. The predicted molar refractivity (Wildman–Crippen MR) is 235 cm³/mol. The topological polar surface area (TPSA) is 209 Å². The molecule has 334 valence electrons. The van der Waals surface area contributed by atoms with Crippen LogP contribution in [0.4, 0.5) is 4.79 Å². The van der Waals surface area contributed by atoms with Crippen molar-refractivity contribution in [1.29, 1.82) is 0 Å². The van der Waals surface area contributed by atoms with Gasteiger partial charge in [-0.05, 0) is 82.0 Å². The van der Waals surface area contributed by atoms with Gasteiger partial charge in [-0.25, -0.2) is 15.2 Å². The Hall–Kier alpha value is -4.07. The summed E-state index contributed by atoms with van der Waals surface area (Å²) in [5.74, 6) is -1.90. The number of benzene rings is 1. The summed E-state index contributed by atoms with van der Waals surface area (Å²) < 4.78 is 10.5. The number of aryl methyl sites for hydroxylation is 1. The van der Waals surface area contributed by atoms with Crippen LogP contribution in [0.5, 0.6) is 5.75 Å². The monoisotopic (exact) mass is 893 g/mol. The zero-order chi connectivity index (χ0) is 44.0. The van der Waals surface area contributed by atoms with Crippen LogP contribution in [-0.2, 0) is 41.5 Å². The molecule has 5 amide bonds. The van der Waals surface area contributed by atoms with E-state index in [0.717, 1.165) is 31.4 Å². The molecule has 1 aliphatic heterocycles. The molecule has 1 aliphatic rings. The zero-order valence-electron chi connectivity index (χ0n) is 35.7. The van der Waals surface area contributed by atoms with E-state index in [4.69, 9.17) is 9.47 Å². The van der Waals surface area contributed by atoms with Gasteiger partial charge in [-0.1, -0.05) is 74.3 Å². The van der Waals surface area contributed by atoms with E-state index in [-0.39, 0.29) is 67.9 Å². The van der Waals surface area contributed by atoms with E-state index in [1.165, 1.54) is 16.2 Å². The molecule has 3 rings (SSSR count). The van der Waals surface area contributed by atoms with Gasteiger partial charge in [0, 0.05) is 42.5 Å². The molecule has 0 aliphatic carbocycles. The number of aromatic hydroxyl groups is 1. The van der Waals surface area contributed by atoms with Gasteiger partial charge in [-0.3, -0.25) is 34.3 Å². The number of amides is 5. The first-order valence-electron chi connectivity index (χ1n) is 20.6. The molecule has 1 aromatic heterocycles. The average molecular weight is 894 g/mol. The number of likely N-dealkylation sites (N-methyl/N-ethyl adjacent to an activating group) is 1. The lowest BCUT2D eigenvalue weighted by Gasteiger charge is -2.35. The number of nitrogens with one attached hydrogen (secondary N) is 4. The maximum absolute atomic E-state index is 14.1. The van der Waals surface area contributed by atoms with Gasteiger partial charge in [0.2, 0.25) is 17.7 Å². The SMILES string of the molecule is CCCC(=O)OCN(CCCc1nc(C(=O)N[C@@H](Cc2ccc(O)cc2)C[C@H](C)C(=O)NNC(=O)OCCSSC)cs1)C(=O)[C@@H](NC(=O)[C@H]1CCCCN1C)C(C)CC. The first-order chi connectivity index (χ1) is 28.8. The molecule has 0 bridgehead atoms. The number of likely N-dealkylation sites (tertiary alicyclic amines) is 1. The van der Waals surface area contributed by atoms with Gasteiger partial charge in [-0.2, -0.15) is 0 Å². The summed E-state index contributed by atoms with van der Waals surface area (Å²) in [5.41, 5.74) is 5.65. The minimum Gasteiger partial charge on any atom is -0.508 e. The molecule has 2 aromatic rings. The number of phenolic OH excluding ortho intramolecular Hbond substituents is 1. The Balaban J connectivity index is 1.66. The Morgan fingerprint density at radius 3 is 2.48 bits per heavy atom. The number of ether oxygens (including phenoxy) is 2. The van der Waals surface area contributed by atoms with E-state index in [1.807, 2.05) is 39.0 Å². The molecule has 0 saturated carbocycles. The number of carbonyl (C=O) groups excluding carboxylic acids is 6. The van der Waals surface area contributed by atoms with Crippen molar-refractivity contribution in [3.63, 3.8) is 0 Å². The molecule has 2 heterocycles. The third kappa shape index (κ3) is 17.5. The van der Waals surface area contributed by atoms with Gasteiger partial charge in [0.1, 0.15) is 24.1 Å². The minimum absolute atomic E-state index is 0.0990.